The van der Waals surface area contributed by atoms with E-state index in [-0.39, 0.29) is 5.60 Å². The maximum absolute atomic E-state index is 6.05. The highest BCUT2D eigenvalue weighted by Gasteiger charge is 2.28. The van der Waals surface area contributed by atoms with Gasteiger partial charge in [-0.3, -0.25) is 0 Å². The average Bonchev–Trinajstić information content (AvgIpc) is 2.38. The van der Waals surface area contributed by atoms with Crippen LogP contribution in [0.1, 0.15) is 73.1 Å². The Bertz CT molecular complexity index is 234. The van der Waals surface area contributed by atoms with Crippen LogP contribution < -0.4 is 5.32 Å². The Balaban J connectivity index is 2.51. The van der Waals surface area contributed by atoms with E-state index < -0.39 is 0 Å². The number of ether oxygens (including phenoxy) is 1. The molecule has 3 atom stereocenters. The molecule has 114 valence electrons. The molecule has 0 aliphatic heterocycles. The van der Waals surface area contributed by atoms with E-state index in [9.17, 15) is 0 Å². The molecule has 2 heteroatoms. The molecule has 1 aliphatic carbocycles. The van der Waals surface area contributed by atoms with Gasteiger partial charge in [-0.15, -0.1) is 0 Å². The normalized spacial score (nSPS) is 26.4. The van der Waals surface area contributed by atoms with Crippen molar-refractivity contribution in [1.82, 2.24) is 5.32 Å². The van der Waals surface area contributed by atoms with Gasteiger partial charge in [0.2, 0.25) is 0 Å². The molecule has 1 saturated carbocycles. The summed E-state index contributed by atoms with van der Waals surface area (Å²) < 4.78 is 6.05. The Hall–Kier alpha value is -0.0800. The van der Waals surface area contributed by atoms with Gasteiger partial charge in [0.1, 0.15) is 0 Å². The van der Waals surface area contributed by atoms with Crippen LogP contribution in [0.15, 0.2) is 0 Å². The fourth-order valence-corrected chi connectivity index (χ4v) is 3.10. The van der Waals surface area contributed by atoms with Crippen LogP contribution >= 0.6 is 0 Å². The molecule has 0 aromatic rings. The van der Waals surface area contributed by atoms with Crippen molar-refractivity contribution in [1.29, 1.82) is 0 Å². The zero-order valence-corrected chi connectivity index (χ0v) is 13.8. The first kappa shape index (κ1) is 17.0. The van der Waals surface area contributed by atoms with Crippen molar-refractivity contribution in [3.8, 4) is 0 Å². The third kappa shape index (κ3) is 6.76. The van der Waals surface area contributed by atoms with Crippen molar-refractivity contribution in [2.75, 3.05) is 13.2 Å². The standard InChI is InChI=1S/C17H35NO/c1-6-11-18-16(13-19-17(3,4)5)15-10-8-9-14(7-2)12-15/h14-16,18H,6-13H2,1-5H3. The molecule has 0 amide bonds. The Morgan fingerprint density at radius 3 is 2.53 bits per heavy atom. The quantitative estimate of drug-likeness (QED) is 0.740. The first-order valence-electron chi connectivity index (χ1n) is 8.33. The molecule has 1 fully saturated rings. The van der Waals surface area contributed by atoms with E-state index in [0.717, 1.165) is 25.0 Å². The van der Waals surface area contributed by atoms with Crippen molar-refractivity contribution in [2.24, 2.45) is 11.8 Å². The van der Waals surface area contributed by atoms with Gasteiger partial charge in [-0.05, 0) is 58.4 Å². The first-order valence-corrected chi connectivity index (χ1v) is 8.33. The van der Waals surface area contributed by atoms with E-state index in [1.165, 1.54) is 38.5 Å². The Kier molecular flexibility index (Phi) is 7.38. The van der Waals surface area contributed by atoms with Gasteiger partial charge in [0.25, 0.3) is 0 Å². The lowest BCUT2D eigenvalue weighted by Crippen LogP contribution is -2.44. The third-order valence-electron chi connectivity index (χ3n) is 4.32. The van der Waals surface area contributed by atoms with Crippen LogP contribution in [0.4, 0.5) is 0 Å². The van der Waals surface area contributed by atoms with Gasteiger partial charge >= 0.3 is 0 Å². The number of hydrogen-bond acceptors (Lipinski definition) is 2. The summed E-state index contributed by atoms with van der Waals surface area (Å²) in [5.74, 6) is 1.76. The second-order valence-electron chi connectivity index (χ2n) is 7.18. The first-order chi connectivity index (χ1) is 8.96. The predicted octanol–water partition coefficient (Wildman–Crippen LogP) is 4.39. The lowest BCUT2D eigenvalue weighted by Gasteiger charge is -2.36. The number of rotatable bonds is 7. The molecule has 1 aliphatic rings. The zero-order valence-electron chi connectivity index (χ0n) is 13.8. The Morgan fingerprint density at radius 1 is 1.21 bits per heavy atom. The molecule has 3 unspecified atom stereocenters. The molecule has 2 nitrogen and oxygen atoms in total. The van der Waals surface area contributed by atoms with Gasteiger partial charge in [0.05, 0.1) is 12.2 Å². The van der Waals surface area contributed by atoms with Gasteiger partial charge in [-0.2, -0.15) is 0 Å². The molecule has 0 saturated heterocycles. The molecule has 1 rings (SSSR count). The van der Waals surface area contributed by atoms with Gasteiger partial charge in [0, 0.05) is 6.04 Å². The number of nitrogens with one attached hydrogen (secondary N) is 1. The second-order valence-corrected chi connectivity index (χ2v) is 7.18. The van der Waals surface area contributed by atoms with Crippen molar-refractivity contribution < 1.29 is 4.74 Å². The van der Waals surface area contributed by atoms with E-state index >= 15 is 0 Å². The van der Waals surface area contributed by atoms with Crippen molar-refractivity contribution in [3.05, 3.63) is 0 Å². The fraction of sp³-hybridized carbons (Fsp3) is 1.00. The van der Waals surface area contributed by atoms with Crippen LogP contribution in [0, 0.1) is 11.8 Å². The highest BCUT2D eigenvalue weighted by Crippen LogP contribution is 2.33. The molecule has 0 spiro atoms. The zero-order chi connectivity index (χ0) is 14.3. The van der Waals surface area contributed by atoms with E-state index in [0.29, 0.717) is 6.04 Å². The van der Waals surface area contributed by atoms with E-state index in [4.69, 9.17) is 4.74 Å². The lowest BCUT2D eigenvalue weighted by atomic mass is 9.77. The number of hydrogen-bond donors (Lipinski definition) is 1. The Labute approximate surface area is 120 Å². The molecule has 1 N–H and O–H groups in total. The molecular formula is C17H35NO. The molecule has 0 aromatic heterocycles. The summed E-state index contributed by atoms with van der Waals surface area (Å²) in [7, 11) is 0. The van der Waals surface area contributed by atoms with Crippen LogP contribution in [0.2, 0.25) is 0 Å². The maximum Gasteiger partial charge on any atom is 0.0629 e. The van der Waals surface area contributed by atoms with Crippen molar-refractivity contribution >= 4 is 0 Å². The van der Waals surface area contributed by atoms with Gasteiger partial charge < -0.3 is 10.1 Å². The Morgan fingerprint density at radius 2 is 1.95 bits per heavy atom. The van der Waals surface area contributed by atoms with Crippen LogP contribution in [0.5, 0.6) is 0 Å². The van der Waals surface area contributed by atoms with Gasteiger partial charge in [-0.25, -0.2) is 0 Å². The summed E-state index contributed by atoms with van der Waals surface area (Å²) in [5.41, 5.74) is -0.0228. The van der Waals surface area contributed by atoms with Crippen LogP contribution in [0.3, 0.4) is 0 Å². The minimum absolute atomic E-state index is 0.0228. The summed E-state index contributed by atoms with van der Waals surface area (Å²) in [6, 6.07) is 0.550. The largest absolute Gasteiger partial charge is 0.374 e. The monoisotopic (exact) mass is 269 g/mol. The van der Waals surface area contributed by atoms with Crippen LogP contribution in [0.25, 0.3) is 0 Å². The van der Waals surface area contributed by atoms with Gasteiger partial charge in [0.15, 0.2) is 0 Å². The van der Waals surface area contributed by atoms with Gasteiger partial charge in [-0.1, -0.05) is 33.1 Å². The maximum atomic E-state index is 6.05. The molecule has 0 heterocycles. The van der Waals surface area contributed by atoms with Crippen molar-refractivity contribution in [3.63, 3.8) is 0 Å². The average molecular weight is 269 g/mol. The predicted molar refractivity (Wildman–Crippen MR) is 83.5 cm³/mol. The summed E-state index contributed by atoms with van der Waals surface area (Å²) in [6.45, 7) is 13.0. The molecular weight excluding hydrogens is 234 g/mol. The minimum atomic E-state index is -0.0228. The van der Waals surface area contributed by atoms with Crippen LogP contribution in [-0.2, 0) is 4.74 Å². The topological polar surface area (TPSA) is 21.3 Å². The van der Waals surface area contributed by atoms with Crippen molar-refractivity contribution in [2.45, 2.75) is 84.8 Å². The summed E-state index contributed by atoms with van der Waals surface area (Å²) in [4.78, 5) is 0. The highest BCUT2D eigenvalue weighted by molar-refractivity contribution is 4.83. The summed E-state index contributed by atoms with van der Waals surface area (Å²) in [5, 5.41) is 3.73. The van der Waals surface area contributed by atoms with Crippen LogP contribution in [-0.4, -0.2) is 24.8 Å². The smallest absolute Gasteiger partial charge is 0.0629 e. The molecule has 0 radical (unpaired) electrons. The minimum Gasteiger partial charge on any atom is -0.374 e. The molecule has 19 heavy (non-hydrogen) atoms. The molecule has 0 bridgehead atoms. The summed E-state index contributed by atoms with van der Waals surface area (Å²) in [6.07, 6.45) is 8.17. The lowest BCUT2D eigenvalue weighted by molar-refractivity contribution is -0.0264. The van der Waals surface area contributed by atoms with E-state index in [2.05, 4.69) is 39.9 Å². The van der Waals surface area contributed by atoms with E-state index in [1.54, 1.807) is 0 Å². The summed E-state index contributed by atoms with van der Waals surface area (Å²) >= 11 is 0. The fourth-order valence-electron chi connectivity index (χ4n) is 3.10. The third-order valence-corrected chi connectivity index (χ3v) is 4.32. The SMILES string of the molecule is CCCNC(COC(C)(C)C)C1CCCC(CC)C1. The second kappa shape index (κ2) is 8.26. The molecule has 0 aromatic carbocycles. The van der Waals surface area contributed by atoms with E-state index in [1.807, 2.05) is 0 Å². The highest BCUT2D eigenvalue weighted by atomic mass is 16.5.